The smallest absolute Gasteiger partial charge is 0.230 e. The van der Waals surface area contributed by atoms with Gasteiger partial charge in [-0.05, 0) is 73.7 Å². The van der Waals surface area contributed by atoms with E-state index in [4.69, 9.17) is 14.4 Å². The van der Waals surface area contributed by atoms with Gasteiger partial charge < -0.3 is 9.52 Å². The topological polar surface area (TPSA) is 59.2 Å². The van der Waals surface area contributed by atoms with Crippen LogP contribution in [0, 0.1) is 6.07 Å². The van der Waals surface area contributed by atoms with Crippen LogP contribution in [0.15, 0.2) is 89.5 Å². The van der Waals surface area contributed by atoms with Crippen LogP contribution in [0.1, 0.15) is 105 Å². The van der Waals surface area contributed by atoms with Gasteiger partial charge in [0.15, 0.2) is 0 Å². The molecule has 2 heterocycles. The van der Waals surface area contributed by atoms with E-state index in [1.54, 1.807) is 12.1 Å². The van der Waals surface area contributed by atoms with Crippen molar-refractivity contribution in [2.45, 2.75) is 105 Å². The van der Waals surface area contributed by atoms with Crippen LogP contribution in [0.3, 0.4) is 0 Å². The Morgan fingerprint density at radius 3 is 1.71 bits per heavy atom. The maximum atomic E-state index is 10.7. The fourth-order valence-electron chi connectivity index (χ4n) is 6.16. The summed E-state index contributed by atoms with van der Waals surface area (Å²) >= 11 is 0. The molecule has 0 atom stereocenters. The fraction of sp³-hybridized carbons (Fsp3) is 0.348. The third kappa shape index (κ3) is 8.07. The van der Waals surface area contributed by atoms with Crippen LogP contribution in [-0.4, -0.2) is 15.1 Å². The van der Waals surface area contributed by atoms with Gasteiger partial charge in [0, 0.05) is 33.0 Å². The number of oxazole rings is 1. The van der Waals surface area contributed by atoms with Gasteiger partial charge in [-0.1, -0.05) is 142 Å². The number of hydrogen-bond donors (Lipinski definition) is 1. The molecule has 0 saturated carbocycles. The number of pyridine rings is 1. The summed E-state index contributed by atoms with van der Waals surface area (Å²) in [6, 6.07) is 31.1. The van der Waals surface area contributed by atoms with Gasteiger partial charge in [-0.3, -0.25) is 4.98 Å². The van der Waals surface area contributed by atoms with Gasteiger partial charge in [0.25, 0.3) is 0 Å². The Morgan fingerprint density at radius 1 is 0.569 bits per heavy atom. The number of fused-ring (bicyclic) bond motifs is 1. The van der Waals surface area contributed by atoms with E-state index in [1.165, 1.54) is 16.7 Å². The zero-order valence-corrected chi connectivity index (χ0v) is 34.4. The average Bonchev–Trinajstić information content (AvgIpc) is 3.47. The van der Waals surface area contributed by atoms with Crippen molar-refractivity contribution in [3.05, 3.63) is 113 Å². The number of aromatic hydroxyl groups is 1. The van der Waals surface area contributed by atoms with E-state index in [0.717, 1.165) is 44.6 Å². The van der Waals surface area contributed by atoms with Crippen molar-refractivity contribution in [1.29, 1.82) is 0 Å². The van der Waals surface area contributed by atoms with Crippen LogP contribution in [0.4, 0.5) is 0 Å². The molecular weight excluding hydrogens is 808 g/mol. The molecule has 6 rings (SSSR count). The molecule has 0 aliphatic rings. The summed E-state index contributed by atoms with van der Waals surface area (Å²) in [5.74, 6) is 0.514. The van der Waals surface area contributed by atoms with Crippen molar-refractivity contribution >= 4 is 11.1 Å². The summed E-state index contributed by atoms with van der Waals surface area (Å²) in [5, 5.41) is 10.7. The predicted octanol–water partition coefficient (Wildman–Crippen LogP) is 12.6. The van der Waals surface area contributed by atoms with E-state index < -0.39 is 0 Å². The zero-order valence-electron chi connectivity index (χ0n) is 32.1. The van der Waals surface area contributed by atoms with Crippen molar-refractivity contribution in [3.8, 4) is 50.7 Å². The molecule has 0 bridgehead atoms. The molecule has 0 radical (unpaired) electrons. The summed E-state index contributed by atoms with van der Waals surface area (Å²) in [7, 11) is 0. The molecule has 0 aliphatic heterocycles. The maximum absolute atomic E-state index is 10.7. The second-order valence-electron chi connectivity index (χ2n) is 17.8. The van der Waals surface area contributed by atoms with Gasteiger partial charge in [0.2, 0.25) is 5.89 Å². The minimum atomic E-state index is -0.156. The molecule has 4 nitrogen and oxygen atoms in total. The molecule has 51 heavy (non-hydrogen) atoms. The molecule has 0 spiro atoms. The molecule has 4 aromatic carbocycles. The Labute approximate surface area is 319 Å². The molecule has 0 fully saturated rings. The first-order chi connectivity index (χ1) is 23.2. The maximum Gasteiger partial charge on any atom is 0.230 e. The van der Waals surface area contributed by atoms with Crippen molar-refractivity contribution in [2.24, 2.45) is 0 Å². The van der Waals surface area contributed by atoms with Crippen molar-refractivity contribution in [3.63, 3.8) is 0 Å². The Morgan fingerprint density at radius 2 is 1.12 bits per heavy atom. The SMILES string of the molecule is CC(C)(C)c1cc(-c2cc(-c3cc(C(C)(C)C)ccn3)[c-]c(-c3cc(C(C)(C)C)cc4oc(-c5ccccc5O)nc34)c2)cc(C(C)(C)C)c1.[Pt]. The van der Waals surface area contributed by atoms with Gasteiger partial charge in [0.1, 0.15) is 11.3 Å². The third-order valence-corrected chi connectivity index (χ3v) is 9.55. The number of benzene rings is 4. The molecule has 0 amide bonds. The second kappa shape index (κ2) is 13.5. The minimum Gasteiger partial charge on any atom is -0.507 e. The third-order valence-electron chi connectivity index (χ3n) is 9.55. The summed E-state index contributed by atoms with van der Waals surface area (Å²) in [5.41, 5.74) is 12.5. The Bertz CT molecular complexity index is 2180. The summed E-state index contributed by atoms with van der Waals surface area (Å²) in [6.07, 6.45) is 1.91. The van der Waals surface area contributed by atoms with Crippen LogP contribution >= 0.6 is 0 Å². The molecule has 5 heteroatoms. The van der Waals surface area contributed by atoms with Gasteiger partial charge in [-0.2, -0.15) is 0 Å². The van der Waals surface area contributed by atoms with E-state index in [9.17, 15) is 5.11 Å². The fourth-order valence-corrected chi connectivity index (χ4v) is 6.16. The van der Waals surface area contributed by atoms with Crippen LogP contribution in [0.5, 0.6) is 5.75 Å². The molecular formula is C46H51N2O2Pt-. The van der Waals surface area contributed by atoms with E-state index in [1.807, 2.05) is 18.3 Å². The van der Waals surface area contributed by atoms with E-state index in [0.29, 0.717) is 17.0 Å². The van der Waals surface area contributed by atoms with Gasteiger partial charge >= 0.3 is 0 Å². The van der Waals surface area contributed by atoms with Crippen molar-refractivity contribution in [1.82, 2.24) is 9.97 Å². The molecule has 2 aromatic heterocycles. The molecule has 0 aliphatic carbocycles. The summed E-state index contributed by atoms with van der Waals surface area (Å²) in [4.78, 5) is 9.91. The predicted molar refractivity (Wildman–Crippen MR) is 209 cm³/mol. The first-order valence-electron chi connectivity index (χ1n) is 17.6. The van der Waals surface area contributed by atoms with Gasteiger partial charge in [0.05, 0.1) is 11.1 Å². The molecule has 268 valence electrons. The average molecular weight is 859 g/mol. The molecule has 0 unspecified atom stereocenters. The first-order valence-corrected chi connectivity index (χ1v) is 17.6. The number of para-hydroxylation sites is 1. The first kappa shape index (κ1) is 38.2. The van der Waals surface area contributed by atoms with Crippen molar-refractivity contribution in [2.75, 3.05) is 0 Å². The second-order valence-corrected chi connectivity index (χ2v) is 17.8. The minimum absolute atomic E-state index is 0. The number of phenols is 1. The number of rotatable bonds is 4. The number of aromatic nitrogens is 2. The summed E-state index contributed by atoms with van der Waals surface area (Å²) in [6.45, 7) is 27.0. The Kier molecular flexibility index (Phi) is 10.1. The normalized spacial score (nSPS) is 12.6. The van der Waals surface area contributed by atoms with Gasteiger partial charge in [-0.25, -0.2) is 4.98 Å². The van der Waals surface area contributed by atoms with Crippen LogP contribution in [0.25, 0.3) is 56.1 Å². The monoisotopic (exact) mass is 858 g/mol. The number of phenolic OH excluding ortho intramolecular Hbond substituents is 1. The quantitative estimate of drug-likeness (QED) is 0.179. The van der Waals surface area contributed by atoms with Gasteiger partial charge in [-0.15, -0.1) is 23.8 Å². The number of hydrogen-bond acceptors (Lipinski definition) is 4. The zero-order chi connectivity index (χ0) is 36.4. The van der Waals surface area contributed by atoms with E-state index in [-0.39, 0.29) is 48.5 Å². The molecule has 1 N–H and O–H groups in total. The summed E-state index contributed by atoms with van der Waals surface area (Å²) < 4.78 is 6.42. The largest absolute Gasteiger partial charge is 0.507 e. The molecule has 0 saturated heterocycles. The Hall–Kier alpha value is -4.01. The number of nitrogens with zero attached hydrogens (tertiary/aromatic N) is 2. The van der Waals surface area contributed by atoms with E-state index >= 15 is 0 Å². The van der Waals surface area contributed by atoms with Crippen LogP contribution in [-0.2, 0) is 42.7 Å². The van der Waals surface area contributed by atoms with E-state index in [2.05, 4.69) is 144 Å². The Balaban J connectivity index is 0.00000504. The molecule has 6 aromatic rings. The standard InChI is InChI=1S/C46H51N2O2.Pt/c1-43(2,3)32-17-18-47-38(26-32)31-20-28(29-22-33(44(4,5)6)24-34(23-29)45(7,8)9)19-30(21-31)37-25-35(46(10,11)12)27-40-41(37)48-42(50-40)36-15-13-14-16-39(36)49;/h13-20,22-27,49H,1-12H3;/q-1;. The van der Waals surface area contributed by atoms with Crippen molar-refractivity contribution < 1.29 is 30.6 Å². The van der Waals surface area contributed by atoms with Crippen LogP contribution in [0.2, 0.25) is 0 Å². The van der Waals surface area contributed by atoms with Crippen LogP contribution < -0.4 is 0 Å².